The van der Waals surface area contributed by atoms with E-state index in [1.165, 1.54) is 0 Å². The Bertz CT molecular complexity index is 151. The van der Waals surface area contributed by atoms with Gasteiger partial charge in [-0.05, 0) is 18.9 Å². The molecule has 10 heavy (non-hydrogen) atoms. The molecule has 0 N–H and O–H groups in total. The van der Waals surface area contributed by atoms with E-state index < -0.39 is 0 Å². The highest BCUT2D eigenvalue weighted by atomic mass is 16.2. The van der Waals surface area contributed by atoms with Gasteiger partial charge in [0.15, 0.2) is 0 Å². The van der Waals surface area contributed by atoms with Crippen molar-refractivity contribution < 1.29 is 4.79 Å². The molecule has 0 unspecified atom stereocenters. The van der Waals surface area contributed by atoms with Gasteiger partial charge in [0, 0.05) is 13.1 Å². The van der Waals surface area contributed by atoms with E-state index in [1.807, 2.05) is 11.0 Å². The molecular formula is C8H13NO. The number of hydrogen-bond donors (Lipinski definition) is 0. The quantitative estimate of drug-likeness (QED) is 0.562. The Kier molecular flexibility index (Phi) is 2.49. The Labute approximate surface area is 61.5 Å². The summed E-state index contributed by atoms with van der Waals surface area (Å²) in [6.45, 7) is 3.90. The fourth-order valence-electron chi connectivity index (χ4n) is 1.12. The minimum absolute atomic E-state index is 0.174. The Morgan fingerprint density at radius 2 is 2.50 bits per heavy atom. The smallest absolute Gasteiger partial charge is 0.246 e. The minimum Gasteiger partial charge on any atom is -0.339 e. The second kappa shape index (κ2) is 3.40. The molecule has 0 aliphatic carbocycles. The van der Waals surface area contributed by atoms with Crippen LogP contribution >= 0.6 is 0 Å². The molecule has 1 heterocycles. The topological polar surface area (TPSA) is 20.3 Å². The van der Waals surface area contributed by atoms with Gasteiger partial charge in [0.1, 0.15) is 0 Å². The molecule has 1 aliphatic rings. The zero-order valence-electron chi connectivity index (χ0n) is 6.34. The van der Waals surface area contributed by atoms with Gasteiger partial charge in [0.25, 0.3) is 0 Å². The zero-order valence-corrected chi connectivity index (χ0v) is 6.34. The van der Waals surface area contributed by atoms with Crippen molar-refractivity contribution in [3.05, 3.63) is 12.2 Å². The Morgan fingerprint density at radius 1 is 1.70 bits per heavy atom. The van der Waals surface area contributed by atoms with Crippen molar-refractivity contribution in [1.29, 1.82) is 0 Å². The molecule has 0 saturated carbocycles. The van der Waals surface area contributed by atoms with Crippen molar-refractivity contribution in [3.8, 4) is 0 Å². The van der Waals surface area contributed by atoms with Crippen LogP contribution in [-0.4, -0.2) is 23.9 Å². The van der Waals surface area contributed by atoms with E-state index in [-0.39, 0.29) is 5.91 Å². The maximum atomic E-state index is 11.0. The highest BCUT2D eigenvalue weighted by Gasteiger charge is 2.10. The lowest BCUT2D eigenvalue weighted by Gasteiger charge is -2.22. The fourth-order valence-corrected chi connectivity index (χ4v) is 1.12. The maximum Gasteiger partial charge on any atom is 0.246 e. The summed E-state index contributed by atoms with van der Waals surface area (Å²) in [5.74, 6) is 0.174. The summed E-state index contributed by atoms with van der Waals surface area (Å²) in [6, 6.07) is 0. The summed E-state index contributed by atoms with van der Waals surface area (Å²) in [5.41, 5.74) is 0. The minimum atomic E-state index is 0.174. The molecule has 0 spiro atoms. The maximum absolute atomic E-state index is 11.0. The predicted octanol–water partition coefficient (Wildman–Crippen LogP) is 1.18. The van der Waals surface area contributed by atoms with Crippen LogP contribution in [0.1, 0.15) is 19.8 Å². The van der Waals surface area contributed by atoms with Gasteiger partial charge in [0.2, 0.25) is 5.91 Å². The molecule has 0 radical (unpaired) electrons. The lowest BCUT2D eigenvalue weighted by molar-refractivity contribution is -0.126. The number of carbonyl (C=O) groups excluding carboxylic acids is 1. The van der Waals surface area contributed by atoms with Crippen LogP contribution in [0.5, 0.6) is 0 Å². The molecular weight excluding hydrogens is 126 g/mol. The Hall–Kier alpha value is -0.790. The van der Waals surface area contributed by atoms with Gasteiger partial charge in [-0.2, -0.15) is 0 Å². The summed E-state index contributed by atoms with van der Waals surface area (Å²) in [4.78, 5) is 12.9. The average Bonchev–Trinajstić information content (AvgIpc) is 1.94. The number of hydrogen-bond acceptors (Lipinski definition) is 1. The molecule has 0 aromatic rings. The first-order valence-electron chi connectivity index (χ1n) is 3.80. The number of rotatable bonds is 2. The molecule has 2 heteroatoms. The van der Waals surface area contributed by atoms with E-state index in [1.54, 1.807) is 6.08 Å². The number of carbonyl (C=O) groups is 1. The monoisotopic (exact) mass is 139 g/mol. The van der Waals surface area contributed by atoms with Crippen molar-refractivity contribution in [2.75, 3.05) is 13.1 Å². The Morgan fingerprint density at radius 3 is 3.10 bits per heavy atom. The van der Waals surface area contributed by atoms with Gasteiger partial charge in [0.05, 0.1) is 0 Å². The van der Waals surface area contributed by atoms with Gasteiger partial charge in [-0.3, -0.25) is 4.79 Å². The van der Waals surface area contributed by atoms with Gasteiger partial charge < -0.3 is 4.90 Å². The summed E-state index contributed by atoms with van der Waals surface area (Å²) in [5, 5.41) is 0. The van der Waals surface area contributed by atoms with Crippen LogP contribution in [0.25, 0.3) is 0 Å². The fraction of sp³-hybridized carbons (Fsp3) is 0.625. The van der Waals surface area contributed by atoms with Crippen molar-refractivity contribution in [3.63, 3.8) is 0 Å². The lowest BCUT2D eigenvalue weighted by Crippen LogP contribution is -2.33. The summed E-state index contributed by atoms with van der Waals surface area (Å²) >= 11 is 0. The molecule has 1 amide bonds. The van der Waals surface area contributed by atoms with Crippen molar-refractivity contribution in [2.24, 2.45) is 0 Å². The first-order valence-corrected chi connectivity index (χ1v) is 3.80. The lowest BCUT2D eigenvalue weighted by atomic mass is 10.2. The second-order valence-electron chi connectivity index (χ2n) is 2.52. The van der Waals surface area contributed by atoms with Crippen LogP contribution in [0.15, 0.2) is 12.2 Å². The second-order valence-corrected chi connectivity index (χ2v) is 2.52. The van der Waals surface area contributed by atoms with E-state index >= 15 is 0 Å². The molecule has 0 atom stereocenters. The van der Waals surface area contributed by atoms with E-state index in [2.05, 4.69) is 6.92 Å². The van der Waals surface area contributed by atoms with Crippen LogP contribution in [0.2, 0.25) is 0 Å². The molecule has 1 rings (SSSR count). The Balaban J connectivity index is 2.44. The third kappa shape index (κ3) is 1.59. The largest absolute Gasteiger partial charge is 0.339 e. The summed E-state index contributed by atoms with van der Waals surface area (Å²) in [6.07, 6.45) is 5.68. The van der Waals surface area contributed by atoms with E-state index in [0.29, 0.717) is 0 Å². The molecule has 2 nitrogen and oxygen atoms in total. The van der Waals surface area contributed by atoms with Crippen LogP contribution in [0.3, 0.4) is 0 Å². The third-order valence-electron chi connectivity index (χ3n) is 1.63. The highest BCUT2D eigenvalue weighted by molar-refractivity contribution is 5.88. The van der Waals surface area contributed by atoms with Crippen molar-refractivity contribution in [2.45, 2.75) is 19.8 Å². The number of amides is 1. The van der Waals surface area contributed by atoms with E-state index in [9.17, 15) is 4.79 Å². The van der Waals surface area contributed by atoms with Crippen LogP contribution in [-0.2, 0) is 4.79 Å². The van der Waals surface area contributed by atoms with Crippen molar-refractivity contribution in [1.82, 2.24) is 4.90 Å². The first-order chi connectivity index (χ1) is 4.84. The van der Waals surface area contributed by atoms with Crippen LogP contribution in [0.4, 0.5) is 0 Å². The summed E-state index contributed by atoms with van der Waals surface area (Å²) < 4.78 is 0. The first kappa shape index (κ1) is 7.32. The number of nitrogens with zero attached hydrogens (tertiary/aromatic N) is 1. The SMILES string of the molecule is CCCN1CCC=CC1=O. The molecule has 0 aromatic carbocycles. The van der Waals surface area contributed by atoms with Crippen LogP contribution in [0, 0.1) is 0 Å². The standard InChI is InChI=1S/C8H13NO/c1-2-6-9-7-4-3-5-8(9)10/h3,5H,2,4,6-7H2,1H3. The molecule has 56 valence electrons. The predicted molar refractivity (Wildman–Crippen MR) is 40.6 cm³/mol. The van der Waals surface area contributed by atoms with E-state index in [0.717, 1.165) is 25.9 Å². The summed E-state index contributed by atoms with van der Waals surface area (Å²) in [7, 11) is 0. The molecule has 0 bridgehead atoms. The van der Waals surface area contributed by atoms with Gasteiger partial charge in [-0.1, -0.05) is 13.0 Å². The molecule has 0 saturated heterocycles. The van der Waals surface area contributed by atoms with Gasteiger partial charge in [-0.25, -0.2) is 0 Å². The zero-order chi connectivity index (χ0) is 7.40. The van der Waals surface area contributed by atoms with Crippen molar-refractivity contribution >= 4 is 5.91 Å². The molecule has 0 fully saturated rings. The molecule has 1 aliphatic heterocycles. The van der Waals surface area contributed by atoms with E-state index in [4.69, 9.17) is 0 Å². The molecule has 0 aromatic heterocycles. The normalized spacial score (nSPS) is 18.1. The average molecular weight is 139 g/mol. The van der Waals surface area contributed by atoms with Crippen LogP contribution < -0.4 is 0 Å². The third-order valence-corrected chi connectivity index (χ3v) is 1.63. The van der Waals surface area contributed by atoms with Gasteiger partial charge in [-0.15, -0.1) is 0 Å². The van der Waals surface area contributed by atoms with Gasteiger partial charge >= 0.3 is 0 Å². The highest BCUT2D eigenvalue weighted by Crippen LogP contribution is 2.02.